The number of halogens is 3. The van der Waals surface area contributed by atoms with Crippen LogP contribution in [0.3, 0.4) is 0 Å². The van der Waals surface area contributed by atoms with E-state index in [9.17, 15) is 18.0 Å². The van der Waals surface area contributed by atoms with Gasteiger partial charge in [0.2, 0.25) is 5.95 Å². The molecule has 0 aliphatic rings. The molecule has 12 heteroatoms. The fourth-order valence-electron chi connectivity index (χ4n) is 3.27. The summed E-state index contributed by atoms with van der Waals surface area (Å²) in [5, 5.41) is 5.57. The number of hydrogen-bond donors (Lipinski definition) is 2. The van der Waals surface area contributed by atoms with Gasteiger partial charge in [0.1, 0.15) is 17.2 Å². The van der Waals surface area contributed by atoms with Gasteiger partial charge in [-0.3, -0.25) is 9.78 Å². The molecule has 0 saturated carbocycles. The first-order chi connectivity index (χ1) is 16.7. The number of benzene rings is 2. The summed E-state index contributed by atoms with van der Waals surface area (Å²) < 4.78 is 54.2. The van der Waals surface area contributed by atoms with Crippen LogP contribution in [0, 0.1) is 0 Å². The van der Waals surface area contributed by atoms with Crippen LogP contribution in [-0.4, -0.2) is 41.0 Å². The van der Waals surface area contributed by atoms with Gasteiger partial charge in [0.05, 0.1) is 18.1 Å². The van der Waals surface area contributed by atoms with E-state index < -0.39 is 6.36 Å². The third-order valence-electron chi connectivity index (χ3n) is 4.93. The molecule has 4 aromatic rings. The van der Waals surface area contributed by atoms with E-state index in [4.69, 9.17) is 9.47 Å². The fourth-order valence-corrected chi connectivity index (χ4v) is 3.27. The minimum absolute atomic E-state index is 0.195. The van der Waals surface area contributed by atoms with Gasteiger partial charge in [-0.2, -0.15) is 0 Å². The van der Waals surface area contributed by atoms with Gasteiger partial charge in [0.15, 0.2) is 11.5 Å². The zero-order chi connectivity index (χ0) is 25.2. The van der Waals surface area contributed by atoms with Crippen molar-refractivity contribution in [3.05, 3.63) is 60.4 Å². The van der Waals surface area contributed by atoms with Crippen molar-refractivity contribution < 1.29 is 32.2 Å². The Labute approximate surface area is 197 Å². The van der Waals surface area contributed by atoms with Gasteiger partial charge in [-0.25, -0.2) is 4.98 Å². The number of rotatable bonds is 7. The van der Waals surface area contributed by atoms with Crippen LogP contribution < -0.4 is 24.8 Å². The number of methoxy groups -OCH3 is 1. The fraction of sp³-hybridized carbons (Fsp3) is 0.174. The van der Waals surface area contributed by atoms with Crippen LogP contribution in [0.15, 0.2) is 54.7 Å². The average molecular weight is 487 g/mol. The molecule has 2 aromatic carbocycles. The van der Waals surface area contributed by atoms with E-state index in [2.05, 4.69) is 25.3 Å². The highest BCUT2D eigenvalue weighted by molar-refractivity contribution is 5.92. The van der Waals surface area contributed by atoms with Crippen LogP contribution in [0.2, 0.25) is 0 Å². The number of alkyl halides is 3. The molecule has 2 heterocycles. The average Bonchev–Trinajstić information content (AvgIpc) is 3.12. The summed E-state index contributed by atoms with van der Waals surface area (Å²) in [5.74, 6) is 0.944. The van der Waals surface area contributed by atoms with Crippen molar-refractivity contribution in [3.8, 4) is 23.0 Å². The number of nitrogens with zero attached hydrogens (tertiary/aromatic N) is 3. The van der Waals surface area contributed by atoms with Crippen molar-refractivity contribution in [1.29, 1.82) is 0 Å². The topological polar surface area (TPSA) is 99.5 Å². The zero-order valence-electron chi connectivity index (χ0n) is 18.8. The predicted molar refractivity (Wildman–Crippen MR) is 121 cm³/mol. The number of ether oxygens (including phenoxy) is 3. The molecule has 9 nitrogen and oxygen atoms in total. The summed E-state index contributed by atoms with van der Waals surface area (Å²) in [4.78, 5) is 20.4. The van der Waals surface area contributed by atoms with E-state index in [-0.39, 0.29) is 17.4 Å². The summed E-state index contributed by atoms with van der Waals surface area (Å²) in [6.07, 6.45) is -3.30. The Bertz CT molecular complexity index is 1370. The maximum absolute atomic E-state index is 12.4. The molecule has 0 aliphatic heterocycles. The lowest BCUT2D eigenvalue weighted by Crippen LogP contribution is -2.18. The van der Waals surface area contributed by atoms with E-state index in [1.165, 1.54) is 50.7 Å². The summed E-state index contributed by atoms with van der Waals surface area (Å²) in [6.45, 7) is 0. The minimum Gasteiger partial charge on any atom is -0.493 e. The number of amides is 1. The highest BCUT2D eigenvalue weighted by Gasteiger charge is 2.31. The Hall–Kier alpha value is -4.48. The van der Waals surface area contributed by atoms with Crippen LogP contribution in [-0.2, 0) is 7.05 Å². The number of hydrogen-bond acceptors (Lipinski definition) is 7. The van der Waals surface area contributed by atoms with Crippen molar-refractivity contribution in [3.63, 3.8) is 0 Å². The maximum atomic E-state index is 12.4. The molecular weight excluding hydrogens is 467 g/mol. The van der Waals surface area contributed by atoms with Gasteiger partial charge >= 0.3 is 6.36 Å². The van der Waals surface area contributed by atoms with Gasteiger partial charge in [-0.15, -0.1) is 13.2 Å². The predicted octanol–water partition coefficient (Wildman–Crippen LogP) is 4.77. The Kier molecular flexibility index (Phi) is 6.36. The normalized spacial score (nSPS) is 11.3. The summed E-state index contributed by atoms with van der Waals surface area (Å²) in [5.41, 5.74) is 2.00. The number of nitrogens with one attached hydrogen (secondary N) is 2. The molecule has 35 heavy (non-hydrogen) atoms. The molecule has 182 valence electrons. The minimum atomic E-state index is -4.76. The van der Waals surface area contributed by atoms with Gasteiger partial charge in [-0.05, 0) is 30.3 Å². The molecule has 0 unspecified atom stereocenters. The van der Waals surface area contributed by atoms with Gasteiger partial charge < -0.3 is 29.4 Å². The number of carbonyl (C=O) groups excluding carboxylic acids is 1. The first kappa shape index (κ1) is 23.7. The second kappa shape index (κ2) is 9.41. The lowest BCUT2D eigenvalue weighted by Gasteiger charge is -2.11. The van der Waals surface area contributed by atoms with E-state index in [0.717, 1.165) is 5.52 Å². The van der Waals surface area contributed by atoms with E-state index in [1.807, 2.05) is 0 Å². The molecule has 1 amide bonds. The molecule has 4 rings (SSSR count). The quantitative estimate of drug-likeness (QED) is 0.387. The Balaban J connectivity index is 1.61. The van der Waals surface area contributed by atoms with Gasteiger partial charge in [-0.1, -0.05) is 0 Å². The van der Waals surface area contributed by atoms with Crippen molar-refractivity contribution in [2.24, 2.45) is 7.05 Å². The van der Waals surface area contributed by atoms with Gasteiger partial charge in [0.25, 0.3) is 5.91 Å². The maximum Gasteiger partial charge on any atom is 0.573 e. The van der Waals surface area contributed by atoms with E-state index in [1.54, 1.807) is 29.8 Å². The summed E-state index contributed by atoms with van der Waals surface area (Å²) in [7, 11) is 4.78. The van der Waals surface area contributed by atoms with Crippen LogP contribution >= 0.6 is 0 Å². The van der Waals surface area contributed by atoms with Crippen molar-refractivity contribution >= 4 is 28.6 Å². The highest BCUT2D eigenvalue weighted by atomic mass is 19.4. The third kappa shape index (κ3) is 5.37. The SMILES string of the molecule is CNC(=O)c1cc(Oc2cc3nc(Nc4ccc(OC(F)(F)F)cc4)n(C)c3cc2OC)ccn1. The molecule has 0 spiro atoms. The Morgan fingerprint density at radius 3 is 2.43 bits per heavy atom. The van der Waals surface area contributed by atoms with Crippen LogP contribution in [0.5, 0.6) is 23.0 Å². The molecule has 0 radical (unpaired) electrons. The first-order valence-corrected chi connectivity index (χ1v) is 10.2. The molecule has 2 N–H and O–H groups in total. The first-order valence-electron chi connectivity index (χ1n) is 10.2. The number of aromatic nitrogens is 3. The molecular formula is C23H20F3N5O4. The number of fused-ring (bicyclic) bond motifs is 1. The Morgan fingerprint density at radius 2 is 1.77 bits per heavy atom. The number of anilines is 2. The smallest absolute Gasteiger partial charge is 0.493 e. The van der Waals surface area contributed by atoms with Crippen LogP contribution in [0.1, 0.15) is 10.5 Å². The van der Waals surface area contributed by atoms with Crippen molar-refractivity contribution in [2.75, 3.05) is 19.5 Å². The van der Waals surface area contributed by atoms with Crippen molar-refractivity contribution in [2.45, 2.75) is 6.36 Å². The lowest BCUT2D eigenvalue weighted by molar-refractivity contribution is -0.274. The highest BCUT2D eigenvalue weighted by Crippen LogP contribution is 2.36. The van der Waals surface area contributed by atoms with Crippen LogP contribution in [0.4, 0.5) is 24.8 Å². The van der Waals surface area contributed by atoms with Gasteiger partial charge in [0, 0.05) is 44.2 Å². The van der Waals surface area contributed by atoms with E-state index in [0.29, 0.717) is 34.4 Å². The molecule has 0 fully saturated rings. The standard InChI is InChI=1S/C23H20F3N5O4/c1-27-21(32)17-10-15(8-9-28-17)34-20-11-16-18(12-19(20)33-3)31(2)22(30-16)29-13-4-6-14(7-5-13)35-23(24,25)26/h4-12H,1-3H3,(H,27,32)(H,29,30). The third-order valence-corrected chi connectivity index (χ3v) is 4.93. The van der Waals surface area contributed by atoms with Crippen molar-refractivity contribution in [1.82, 2.24) is 19.9 Å². The number of imidazole rings is 1. The largest absolute Gasteiger partial charge is 0.573 e. The lowest BCUT2D eigenvalue weighted by atomic mass is 10.2. The number of carbonyl (C=O) groups is 1. The Morgan fingerprint density at radius 1 is 1.03 bits per heavy atom. The molecule has 0 saturated heterocycles. The second-order valence-corrected chi connectivity index (χ2v) is 7.24. The summed E-state index contributed by atoms with van der Waals surface area (Å²) in [6, 6.07) is 11.8. The number of pyridine rings is 1. The molecule has 0 atom stereocenters. The van der Waals surface area contributed by atoms with E-state index >= 15 is 0 Å². The second-order valence-electron chi connectivity index (χ2n) is 7.24. The molecule has 0 aliphatic carbocycles. The summed E-state index contributed by atoms with van der Waals surface area (Å²) >= 11 is 0. The molecule has 2 aromatic heterocycles. The van der Waals surface area contributed by atoms with Crippen LogP contribution in [0.25, 0.3) is 11.0 Å². The zero-order valence-corrected chi connectivity index (χ0v) is 18.8. The monoisotopic (exact) mass is 487 g/mol. The molecule has 0 bridgehead atoms. The number of aryl methyl sites for hydroxylation is 1.